The summed E-state index contributed by atoms with van der Waals surface area (Å²) in [6.07, 6.45) is 5.29. The van der Waals surface area contributed by atoms with Crippen molar-refractivity contribution >= 4 is 5.91 Å². The highest BCUT2D eigenvalue weighted by Crippen LogP contribution is 2.18. The number of likely N-dealkylation sites (tertiary alicyclic amines) is 1. The highest BCUT2D eigenvalue weighted by atomic mass is 16.5. The monoisotopic (exact) mass is 291 g/mol. The van der Waals surface area contributed by atoms with Gasteiger partial charge in [0, 0.05) is 45.7 Å². The van der Waals surface area contributed by atoms with Crippen LogP contribution in [0.5, 0.6) is 0 Å². The summed E-state index contributed by atoms with van der Waals surface area (Å²) in [5, 5.41) is 0. The third kappa shape index (κ3) is 5.10. The molecule has 0 aromatic carbocycles. The van der Waals surface area contributed by atoms with Crippen LogP contribution in [0.25, 0.3) is 0 Å². The number of aromatic nitrogens is 1. The third-order valence-electron chi connectivity index (χ3n) is 3.90. The minimum Gasteiger partial charge on any atom is -0.384 e. The lowest BCUT2D eigenvalue weighted by molar-refractivity contribution is -0.131. The standard InChI is InChI=1S/C16H25N3O2/c1-18(11-14-4-3-7-17-10-14)12-15-5-8-19(13-15)16(20)6-9-21-2/h3-4,7,10,15H,5-6,8-9,11-13H2,1-2H3. The Bertz CT molecular complexity index is 438. The smallest absolute Gasteiger partial charge is 0.224 e. The van der Waals surface area contributed by atoms with Gasteiger partial charge in [0.1, 0.15) is 0 Å². The number of hydrogen-bond acceptors (Lipinski definition) is 4. The summed E-state index contributed by atoms with van der Waals surface area (Å²) in [5.74, 6) is 0.785. The largest absolute Gasteiger partial charge is 0.384 e. The Morgan fingerprint density at radius 1 is 1.57 bits per heavy atom. The normalized spacial score (nSPS) is 18.4. The van der Waals surface area contributed by atoms with Crippen LogP contribution in [0.2, 0.25) is 0 Å². The fraction of sp³-hybridized carbons (Fsp3) is 0.625. The second-order valence-electron chi connectivity index (χ2n) is 5.80. The maximum absolute atomic E-state index is 12.0. The number of carbonyl (C=O) groups is 1. The lowest BCUT2D eigenvalue weighted by atomic mass is 10.1. The number of pyridine rings is 1. The van der Waals surface area contributed by atoms with Crippen molar-refractivity contribution in [2.45, 2.75) is 19.4 Å². The van der Waals surface area contributed by atoms with Gasteiger partial charge in [0.05, 0.1) is 13.0 Å². The van der Waals surface area contributed by atoms with E-state index >= 15 is 0 Å². The van der Waals surface area contributed by atoms with Crippen LogP contribution in [0.1, 0.15) is 18.4 Å². The van der Waals surface area contributed by atoms with Gasteiger partial charge < -0.3 is 14.5 Å². The predicted octanol–water partition coefficient (Wildman–Crippen LogP) is 1.40. The van der Waals surface area contributed by atoms with Crippen LogP contribution in [0.3, 0.4) is 0 Å². The first kappa shape index (κ1) is 15.9. The summed E-state index contributed by atoms with van der Waals surface area (Å²) < 4.78 is 4.97. The average molecular weight is 291 g/mol. The van der Waals surface area contributed by atoms with Gasteiger partial charge in [-0.2, -0.15) is 0 Å². The number of methoxy groups -OCH3 is 1. The molecule has 1 fully saturated rings. The van der Waals surface area contributed by atoms with Crippen LogP contribution in [0.15, 0.2) is 24.5 Å². The van der Waals surface area contributed by atoms with E-state index in [1.165, 1.54) is 5.56 Å². The van der Waals surface area contributed by atoms with Crippen molar-refractivity contribution in [2.75, 3.05) is 40.4 Å². The Morgan fingerprint density at radius 2 is 2.43 bits per heavy atom. The van der Waals surface area contributed by atoms with Crippen molar-refractivity contribution in [1.82, 2.24) is 14.8 Å². The molecule has 0 saturated carbocycles. The van der Waals surface area contributed by atoms with Gasteiger partial charge in [-0.15, -0.1) is 0 Å². The SMILES string of the molecule is COCCC(=O)N1CCC(CN(C)Cc2cccnc2)C1. The van der Waals surface area contributed by atoms with Gasteiger partial charge >= 0.3 is 0 Å². The second kappa shape index (κ2) is 8.10. The summed E-state index contributed by atoms with van der Waals surface area (Å²) in [6.45, 7) is 4.19. The predicted molar refractivity (Wildman–Crippen MR) is 81.8 cm³/mol. The minimum atomic E-state index is 0.217. The molecule has 1 amide bonds. The Morgan fingerprint density at radius 3 is 3.14 bits per heavy atom. The Balaban J connectivity index is 1.73. The molecule has 1 saturated heterocycles. The van der Waals surface area contributed by atoms with E-state index in [1.807, 2.05) is 17.2 Å². The van der Waals surface area contributed by atoms with Crippen molar-refractivity contribution < 1.29 is 9.53 Å². The van der Waals surface area contributed by atoms with Gasteiger partial charge in [-0.05, 0) is 31.0 Å². The highest BCUT2D eigenvalue weighted by Gasteiger charge is 2.26. The zero-order chi connectivity index (χ0) is 15.1. The molecule has 2 rings (SSSR count). The molecule has 1 aliphatic rings. The molecule has 5 heteroatoms. The van der Waals surface area contributed by atoms with E-state index < -0.39 is 0 Å². The summed E-state index contributed by atoms with van der Waals surface area (Å²) in [6, 6.07) is 4.06. The van der Waals surface area contributed by atoms with Crippen molar-refractivity contribution in [1.29, 1.82) is 0 Å². The van der Waals surface area contributed by atoms with Crippen LogP contribution < -0.4 is 0 Å². The zero-order valence-electron chi connectivity index (χ0n) is 13.0. The quantitative estimate of drug-likeness (QED) is 0.762. The molecular weight excluding hydrogens is 266 g/mol. The number of nitrogens with zero attached hydrogens (tertiary/aromatic N) is 3. The number of amides is 1. The summed E-state index contributed by atoms with van der Waals surface area (Å²) >= 11 is 0. The van der Waals surface area contributed by atoms with E-state index in [2.05, 4.69) is 23.0 Å². The van der Waals surface area contributed by atoms with E-state index in [1.54, 1.807) is 13.3 Å². The van der Waals surface area contributed by atoms with Crippen molar-refractivity contribution in [3.8, 4) is 0 Å². The van der Waals surface area contributed by atoms with Gasteiger partial charge in [0.25, 0.3) is 0 Å². The van der Waals surface area contributed by atoms with Gasteiger partial charge in [-0.25, -0.2) is 0 Å². The molecular formula is C16H25N3O2. The van der Waals surface area contributed by atoms with E-state index in [0.717, 1.165) is 32.6 Å². The molecule has 1 unspecified atom stereocenters. The maximum Gasteiger partial charge on any atom is 0.224 e. The Kier molecular flexibility index (Phi) is 6.14. The van der Waals surface area contributed by atoms with Crippen LogP contribution in [-0.2, 0) is 16.1 Å². The third-order valence-corrected chi connectivity index (χ3v) is 3.90. The highest BCUT2D eigenvalue weighted by molar-refractivity contribution is 5.76. The summed E-state index contributed by atoms with van der Waals surface area (Å²) in [4.78, 5) is 20.4. The molecule has 1 aromatic rings. The molecule has 0 N–H and O–H groups in total. The topological polar surface area (TPSA) is 45.7 Å². The van der Waals surface area contributed by atoms with Gasteiger partial charge in [-0.1, -0.05) is 6.07 Å². The maximum atomic E-state index is 12.0. The molecule has 116 valence electrons. The molecule has 0 aliphatic carbocycles. The van der Waals surface area contributed by atoms with Crippen LogP contribution >= 0.6 is 0 Å². The molecule has 2 heterocycles. The van der Waals surface area contributed by atoms with Crippen LogP contribution in [0, 0.1) is 5.92 Å². The molecule has 1 aliphatic heterocycles. The van der Waals surface area contributed by atoms with Crippen LogP contribution in [-0.4, -0.2) is 61.1 Å². The number of hydrogen-bond donors (Lipinski definition) is 0. The second-order valence-corrected chi connectivity index (χ2v) is 5.80. The molecule has 0 spiro atoms. The minimum absolute atomic E-state index is 0.217. The Hall–Kier alpha value is -1.46. The van der Waals surface area contributed by atoms with Gasteiger partial charge in [-0.3, -0.25) is 9.78 Å². The lowest BCUT2D eigenvalue weighted by Gasteiger charge is -2.21. The number of carbonyl (C=O) groups excluding carboxylic acids is 1. The molecule has 1 atom stereocenters. The molecule has 5 nitrogen and oxygen atoms in total. The molecule has 21 heavy (non-hydrogen) atoms. The van der Waals surface area contributed by atoms with Gasteiger partial charge in [0.2, 0.25) is 5.91 Å². The first-order valence-electron chi connectivity index (χ1n) is 7.53. The Labute approximate surface area is 126 Å². The number of rotatable bonds is 7. The molecule has 1 aromatic heterocycles. The lowest BCUT2D eigenvalue weighted by Crippen LogP contribution is -2.32. The first-order valence-corrected chi connectivity index (χ1v) is 7.53. The van der Waals surface area contributed by atoms with Crippen LogP contribution in [0.4, 0.5) is 0 Å². The zero-order valence-corrected chi connectivity index (χ0v) is 13.0. The molecule has 0 radical (unpaired) electrons. The van der Waals surface area contributed by atoms with E-state index in [9.17, 15) is 4.79 Å². The summed E-state index contributed by atoms with van der Waals surface area (Å²) in [7, 11) is 3.76. The van der Waals surface area contributed by atoms with Gasteiger partial charge in [0.15, 0.2) is 0 Å². The van der Waals surface area contributed by atoms with E-state index in [0.29, 0.717) is 18.9 Å². The fourth-order valence-corrected chi connectivity index (χ4v) is 2.86. The summed E-state index contributed by atoms with van der Waals surface area (Å²) in [5.41, 5.74) is 1.23. The van der Waals surface area contributed by atoms with Crippen molar-refractivity contribution in [3.05, 3.63) is 30.1 Å². The number of ether oxygens (including phenoxy) is 1. The van der Waals surface area contributed by atoms with Crippen molar-refractivity contribution in [2.24, 2.45) is 5.92 Å². The fourth-order valence-electron chi connectivity index (χ4n) is 2.86. The molecule has 0 bridgehead atoms. The van der Waals surface area contributed by atoms with E-state index in [4.69, 9.17) is 4.74 Å². The van der Waals surface area contributed by atoms with E-state index in [-0.39, 0.29) is 5.91 Å². The van der Waals surface area contributed by atoms with Crippen molar-refractivity contribution in [3.63, 3.8) is 0 Å². The average Bonchev–Trinajstić information content (AvgIpc) is 2.94. The first-order chi connectivity index (χ1) is 10.2.